The number of benzene rings is 1. The first-order valence-corrected chi connectivity index (χ1v) is 8.59. The van der Waals surface area contributed by atoms with Crippen LogP contribution in [0.25, 0.3) is 0 Å². The normalized spacial score (nSPS) is 23.5. The Balaban J connectivity index is 1.89. The monoisotopic (exact) mass is 321 g/mol. The fraction of sp³-hybridized carbons (Fsp3) is 0.400. The lowest BCUT2D eigenvalue weighted by molar-refractivity contribution is -0.0288. The third-order valence-corrected chi connectivity index (χ3v) is 5.77. The summed E-state index contributed by atoms with van der Waals surface area (Å²) in [5.41, 5.74) is 0.987. The van der Waals surface area contributed by atoms with Gasteiger partial charge < -0.3 is 4.74 Å². The lowest BCUT2D eigenvalue weighted by Crippen LogP contribution is -2.48. The smallest absolute Gasteiger partial charge is 0.246 e. The molecule has 0 saturated carbocycles. The summed E-state index contributed by atoms with van der Waals surface area (Å²) in [6.07, 6.45) is 2.66. The Morgan fingerprint density at radius 2 is 2.00 bits per heavy atom. The van der Waals surface area contributed by atoms with E-state index in [-0.39, 0.29) is 17.0 Å². The molecule has 6 nitrogen and oxygen atoms in total. The van der Waals surface area contributed by atoms with Crippen molar-refractivity contribution < 1.29 is 13.2 Å². The third-order valence-electron chi connectivity index (χ3n) is 3.84. The fourth-order valence-electron chi connectivity index (χ4n) is 2.61. The zero-order valence-corrected chi connectivity index (χ0v) is 13.4. The number of aromatic nitrogens is 2. The maximum Gasteiger partial charge on any atom is 0.246 e. The molecule has 22 heavy (non-hydrogen) atoms. The van der Waals surface area contributed by atoms with E-state index in [0.29, 0.717) is 13.2 Å². The average Bonchev–Trinajstić information content (AvgIpc) is 2.96. The Hall–Kier alpha value is -1.70. The van der Waals surface area contributed by atoms with Crippen molar-refractivity contribution in [1.82, 2.24) is 14.1 Å². The van der Waals surface area contributed by atoms with E-state index in [2.05, 4.69) is 5.10 Å². The quantitative estimate of drug-likeness (QED) is 0.861. The van der Waals surface area contributed by atoms with E-state index in [1.807, 2.05) is 37.3 Å². The molecule has 1 aromatic heterocycles. The van der Waals surface area contributed by atoms with Crippen LogP contribution >= 0.6 is 0 Å². The number of hydrogen-bond donors (Lipinski definition) is 0. The summed E-state index contributed by atoms with van der Waals surface area (Å²) in [4.78, 5) is 0.218. The van der Waals surface area contributed by atoms with Crippen LogP contribution in [0.2, 0.25) is 0 Å². The molecule has 0 unspecified atom stereocenters. The number of sulfonamides is 1. The second-order valence-electron chi connectivity index (χ2n) is 5.51. The average molecular weight is 321 g/mol. The second-order valence-corrected chi connectivity index (χ2v) is 7.40. The minimum atomic E-state index is -3.56. The number of morpholine rings is 1. The lowest BCUT2D eigenvalue weighted by Gasteiger charge is -2.36. The molecule has 0 aliphatic carbocycles. The molecular weight excluding hydrogens is 302 g/mol. The van der Waals surface area contributed by atoms with Crippen molar-refractivity contribution in [2.45, 2.75) is 24.0 Å². The number of rotatable bonds is 3. The van der Waals surface area contributed by atoms with Crippen molar-refractivity contribution >= 4 is 10.0 Å². The van der Waals surface area contributed by atoms with Crippen LogP contribution < -0.4 is 0 Å². The van der Waals surface area contributed by atoms with Crippen molar-refractivity contribution in [3.05, 3.63) is 48.3 Å². The van der Waals surface area contributed by atoms with E-state index < -0.39 is 10.0 Å². The highest BCUT2D eigenvalue weighted by atomic mass is 32.2. The standard InChI is InChI=1S/C15H19N3O3S/c1-12-11-21-15(13-6-4-3-5-7-13)10-18(12)22(19,20)14-8-16-17(2)9-14/h3-9,12,15H,10-11H2,1-2H3/t12-,15+/m0/s1. The number of ether oxygens (including phenoxy) is 1. The fourth-order valence-corrected chi connectivity index (χ4v) is 4.21. The highest BCUT2D eigenvalue weighted by molar-refractivity contribution is 7.89. The maximum absolute atomic E-state index is 12.8. The predicted octanol–water partition coefficient (Wildman–Crippen LogP) is 1.57. The van der Waals surface area contributed by atoms with Crippen LogP contribution in [0.5, 0.6) is 0 Å². The summed E-state index contributed by atoms with van der Waals surface area (Å²) in [5, 5.41) is 3.96. The summed E-state index contributed by atoms with van der Waals surface area (Å²) >= 11 is 0. The predicted molar refractivity (Wildman–Crippen MR) is 81.7 cm³/mol. The van der Waals surface area contributed by atoms with E-state index in [4.69, 9.17) is 4.74 Å². The van der Waals surface area contributed by atoms with Crippen LogP contribution in [0.3, 0.4) is 0 Å². The molecule has 0 N–H and O–H groups in total. The van der Waals surface area contributed by atoms with Crippen molar-refractivity contribution in [1.29, 1.82) is 0 Å². The van der Waals surface area contributed by atoms with Gasteiger partial charge in [0.1, 0.15) is 4.90 Å². The van der Waals surface area contributed by atoms with E-state index >= 15 is 0 Å². The topological polar surface area (TPSA) is 64.4 Å². The number of hydrogen-bond acceptors (Lipinski definition) is 4. The van der Waals surface area contributed by atoms with Gasteiger partial charge in [-0.15, -0.1) is 0 Å². The Bertz CT molecular complexity index is 742. The Kier molecular flexibility index (Phi) is 4.03. The van der Waals surface area contributed by atoms with Gasteiger partial charge in [-0.3, -0.25) is 4.68 Å². The van der Waals surface area contributed by atoms with Gasteiger partial charge in [0, 0.05) is 25.8 Å². The largest absolute Gasteiger partial charge is 0.370 e. The molecule has 0 radical (unpaired) electrons. The molecule has 2 aromatic rings. The second kappa shape index (κ2) is 5.83. The molecular formula is C15H19N3O3S. The Labute approximate surface area is 130 Å². The maximum atomic E-state index is 12.8. The molecule has 7 heteroatoms. The first kappa shape index (κ1) is 15.2. The molecule has 1 aliphatic heterocycles. The van der Waals surface area contributed by atoms with Gasteiger partial charge in [0.2, 0.25) is 10.0 Å². The van der Waals surface area contributed by atoms with Gasteiger partial charge in [-0.1, -0.05) is 30.3 Å². The third kappa shape index (κ3) is 2.79. The van der Waals surface area contributed by atoms with Gasteiger partial charge in [0.15, 0.2) is 0 Å². The lowest BCUT2D eigenvalue weighted by atomic mass is 10.1. The molecule has 1 saturated heterocycles. The summed E-state index contributed by atoms with van der Waals surface area (Å²) < 4.78 is 34.4. The molecule has 3 rings (SSSR count). The molecule has 2 atom stereocenters. The first-order chi connectivity index (χ1) is 10.5. The van der Waals surface area contributed by atoms with Gasteiger partial charge in [-0.05, 0) is 12.5 Å². The zero-order chi connectivity index (χ0) is 15.7. The minimum absolute atomic E-state index is 0.204. The van der Waals surface area contributed by atoms with Gasteiger partial charge in [0.05, 0.1) is 18.9 Å². The van der Waals surface area contributed by atoms with Crippen molar-refractivity contribution in [2.24, 2.45) is 7.05 Å². The van der Waals surface area contributed by atoms with Gasteiger partial charge >= 0.3 is 0 Å². The SMILES string of the molecule is C[C@H]1CO[C@@H](c2ccccc2)CN1S(=O)(=O)c1cnn(C)c1. The van der Waals surface area contributed by atoms with Crippen molar-refractivity contribution in [2.75, 3.05) is 13.2 Å². The van der Waals surface area contributed by atoms with Gasteiger partial charge in [-0.2, -0.15) is 9.40 Å². The van der Waals surface area contributed by atoms with Crippen LogP contribution in [0.4, 0.5) is 0 Å². The highest BCUT2D eigenvalue weighted by Gasteiger charge is 2.36. The van der Waals surface area contributed by atoms with Gasteiger partial charge in [0.25, 0.3) is 0 Å². The Morgan fingerprint density at radius 3 is 2.64 bits per heavy atom. The van der Waals surface area contributed by atoms with Crippen LogP contribution in [0.15, 0.2) is 47.6 Å². The van der Waals surface area contributed by atoms with Crippen LogP contribution in [0, 0.1) is 0 Å². The van der Waals surface area contributed by atoms with Crippen LogP contribution in [0.1, 0.15) is 18.6 Å². The first-order valence-electron chi connectivity index (χ1n) is 7.15. The van der Waals surface area contributed by atoms with Gasteiger partial charge in [-0.25, -0.2) is 8.42 Å². The Morgan fingerprint density at radius 1 is 1.27 bits per heavy atom. The summed E-state index contributed by atoms with van der Waals surface area (Å²) in [6.45, 7) is 2.54. The van der Waals surface area contributed by atoms with Crippen molar-refractivity contribution in [3.63, 3.8) is 0 Å². The minimum Gasteiger partial charge on any atom is -0.370 e. The van der Waals surface area contributed by atoms with E-state index in [1.54, 1.807) is 7.05 Å². The number of aryl methyl sites for hydroxylation is 1. The molecule has 2 heterocycles. The van der Waals surface area contributed by atoms with E-state index in [0.717, 1.165) is 5.56 Å². The van der Waals surface area contributed by atoms with Crippen molar-refractivity contribution in [3.8, 4) is 0 Å². The summed E-state index contributed by atoms with van der Waals surface area (Å²) in [5.74, 6) is 0. The van der Waals surface area contributed by atoms with Crippen LogP contribution in [-0.2, 0) is 21.8 Å². The molecule has 0 spiro atoms. The molecule has 118 valence electrons. The highest BCUT2D eigenvalue weighted by Crippen LogP contribution is 2.29. The van der Waals surface area contributed by atoms with Crippen LogP contribution in [-0.4, -0.2) is 41.7 Å². The molecule has 1 aromatic carbocycles. The molecule has 0 bridgehead atoms. The number of nitrogens with zero attached hydrogens (tertiary/aromatic N) is 3. The molecule has 1 fully saturated rings. The molecule has 1 aliphatic rings. The van der Waals surface area contributed by atoms with E-state index in [9.17, 15) is 8.42 Å². The summed E-state index contributed by atoms with van der Waals surface area (Å²) in [7, 11) is -1.86. The zero-order valence-electron chi connectivity index (χ0n) is 12.6. The van der Waals surface area contributed by atoms with E-state index in [1.165, 1.54) is 21.4 Å². The summed E-state index contributed by atoms with van der Waals surface area (Å²) in [6, 6.07) is 9.49. The molecule has 0 amide bonds.